The van der Waals surface area contributed by atoms with Crippen LogP contribution in [0, 0.1) is 5.41 Å². The van der Waals surface area contributed by atoms with Crippen LogP contribution in [0.15, 0.2) is 36.4 Å². The van der Waals surface area contributed by atoms with Crippen molar-refractivity contribution in [3.05, 3.63) is 47.5 Å². The van der Waals surface area contributed by atoms with Crippen molar-refractivity contribution in [1.29, 1.82) is 0 Å². The third kappa shape index (κ3) is 4.38. The molecule has 4 aliphatic rings. The number of carbonyl (C=O) groups excluding carboxylic acids is 3. The number of nitrogens with zero attached hydrogens (tertiary/aromatic N) is 1. The van der Waals surface area contributed by atoms with E-state index in [2.05, 4.69) is 40.2 Å². The number of ether oxygens (including phenoxy) is 1. The topological polar surface area (TPSA) is 99.8 Å². The normalized spacial score (nSPS) is 29.9. The van der Waals surface area contributed by atoms with Crippen molar-refractivity contribution >= 4 is 17.7 Å². The highest BCUT2D eigenvalue weighted by Crippen LogP contribution is 2.51. The molecule has 2 fully saturated rings. The van der Waals surface area contributed by atoms with Gasteiger partial charge in [-0.05, 0) is 57.2 Å². The highest BCUT2D eigenvalue weighted by molar-refractivity contribution is 5.94. The number of hydrogen-bond acceptors (Lipinski definition) is 5. The third-order valence-corrected chi connectivity index (χ3v) is 8.31. The largest absolute Gasteiger partial charge is 0.358 e. The van der Waals surface area contributed by atoms with Gasteiger partial charge in [0.1, 0.15) is 18.3 Å². The van der Waals surface area contributed by atoms with E-state index in [0.717, 1.165) is 32.1 Å². The van der Waals surface area contributed by atoms with Gasteiger partial charge in [0.2, 0.25) is 17.7 Å². The molecule has 1 aromatic carbocycles. The number of rotatable bonds is 5. The van der Waals surface area contributed by atoms with Crippen molar-refractivity contribution in [3.8, 4) is 0 Å². The molecule has 2 saturated heterocycles. The smallest absolute Gasteiger partial charge is 0.247 e. The molecule has 0 aromatic heterocycles. The fourth-order valence-electron chi connectivity index (χ4n) is 6.28. The Morgan fingerprint density at radius 3 is 2.66 bits per heavy atom. The molecule has 3 N–H and O–H groups in total. The molecular weight excluding hydrogens is 444 g/mol. The summed E-state index contributed by atoms with van der Waals surface area (Å²) in [6.45, 7) is 2.11. The van der Waals surface area contributed by atoms with Crippen LogP contribution in [0.4, 0.5) is 0 Å². The summed E-state index contributed by atoms with van der Waals surface area (Å²) in [4.78, 5) is 42.0. The van der Waals surface area contributed by atoms with E-state index in [9.17, 15) is 14.4 Å². The van der Waals surface area contributed by atoms with Crippen molar-refractivity contribution in [2.24, 2.45) is 5.41 Å². The molecular formula is C27H36N4O4. The molecule has 5 rings (SSSR count). The van der Waals surface area contributed by atoms with Gasteiger partial charge in [0, 0.05) is 18.3 Å². The first-order chi connectivity index (χ1) is 16.9. The van der Waals surface area contributed by atoms with Crippen LogP contribution in [0.3, 0.4) is 0 Å². The van der Waals surface area contributed by atoms with Gasteiger partial charge in [-0.2, -0.15) is 0 Å². The Morgan fingerprint density at radius 2 is 1.89 bits per heavy atom. The molecule has 8 heteroatoms. The van der Waals surface area contributed by atoms with E-state index in [-0.39, 0.29) is 29.2 Å². The standard InChI is InChI=1S/C27H36N4O4/c1-17(28-2)24(32)30-21-12-15-35-22-16-27(13-5-6-14-27)23(31(22)26(21)34)25(33)29-20-11-7-9-18-8-3-4-10-19(18)20/h3-6,8,10,17,20-23,28H,7,9,11-16H2,1-2H3,(H,29,33)(H,30,32)/t17-,20?,21-,22?,23?/m0/s1. The lowest BCUT2D eigenvalue weighted by Crippen LogP contribution is -2.58. The van der Waals surface area contributed by atoms with Crippen LogP contribution >= 0.6 is 0 Å². The predicted octanol–water partition coefficient (Wildman–Crippen LogP) is 1.96. The molecule has 3 unspecified atom stereocenters. The number of amides is 3. The van der Waals surface area contributed by atoms with Crippen molar-refractivity contribution in [2.45, 2.75) is 82.3 Å². The van der Waals surface area contributed by atoms with Crippen LogP contribution in [-0.2, 0) is 25.5 Å². The molecule has 0 radical (unpaired) electrons. The number of fused-ring (bicyclic) bond motifs is 2. The average Bonchev–Trinajstić information content (AvgIpc) is 3.43. The molecule has 2 aliphatic heterocycles. The van der Waals surface area contributed by atoms with Gasteiger partial charge in [0.05, 0.1) is 18.7 Å². The Balaban J connectivity index is 1.42. The van der Waals surface area contributed by atoms with Crippen LogP contribution < -0.4 is 16.0 Å². The summed E-state index contributed by atoms with van der Waals surface area (Å²) in [5.74, 6) is -0.580. The van der Waals surface area contributed by atoms with E-state index in [0.29, 0.717) is 19.4 Å². The van der Waals surface area contributed by atoms with E-state index in [1.807, 2.05) is 12.1 Å². The highest BCUT2D eigenvalue weighted by atomic mass is 16.5. The van der Waals surface area contributed by atoms with Gasteiger partial charge in [-0.1, -0.05) is 36.4 Å². The summed E-state index contributed by atoms with van der Waals surface area (Å²) >= 11 is 0. The molecule has 2 aliphatic carbocycles. The zero-order chi connectivity index (χ0) is 24.6. The minimum atomic E-state index is -0.710. The maximum absolute atomic E-state index is 14.0. The van der Waals surface area contributed by atoms with Crippen LogP contribution in [0.5, 0.6) is 0 Å². The number of hydrogen-bond donors (Lipinski definition) is 3. The van der Waals surface area contributed by atoms with Crippen LogP contribution in [0.1, 0.15) is 62.6 Å². The number of nitrogens with one attached hydrogen (secondary N) is 3. The van der Waals surface area contributed by atoms with Gasteiger partial charge in [-0.25, -0.2) is 0 Å². The Bertz CT molecular complexity index is 1020. The molecule has 3 amide bonds. The summed E-state index contributed by atoms with van der Waals surface area (Å²) in [6.07, 6.45) is 9.19. The molecule has 5 atom stereocenters. The number of carbonyl (C=O) groups is 3. The van der Waals surface area contributed by atoms with E-state index >= 15 is 0 Å². The van der Waals surface area contributed by atoms with Gasteiger partial charge in [-0.15, -0.1) is 0 Å². The zero-order valence-corrected chi connectivity index (χ0v) is 20.6. The molecule has 2 heterocycles. The van der Waals surface area contributed by atoms with Crippen LogP contribution in [-0.4, -0.2) is 60.6 Å². The fourth-order valence-corrected chi connectivity index (χ4v) is 6.28. The quantitative estimate of drug-likeness (QED) is 0.560. The van der Waals surface area contributed by atoms with E-state index in [4.69, 9.17) is 4.74 Å². The molecule has 0 saturated carbocycles. The number of benzene rings is 1. The molecule has 188 valence electrons. The lowest BCUT2D eigenvalue weighted by molar-refractivity contribution is -0.150. The zero-order valence-electron chi connectivity index (χ0n) is 20.6. The fraction of sp³-hybridized carbons (Fsp3) is 0.593. The monoisotopic (exact) mass is 480 g/mol. The second-order valence-electron chi connectivity index (χ2n) is 10.4. The molecule has 35 heavy (non-hydrogen) atoms. The third-order valence-electron chi connectivity index (χ3n) is 8.31. The SMILES string of the molecule is CN[C@@H](C)C(=O)N[C@H]1CCOC2CC3(CC=CC3)C(C(=O)NC3CCCc4ccccc43)N2C1=O. The second-order valence-corrected chi connectivity index (χ2v) is 10.4. The number of aryl methyl sites for hydroxylation is 1. The number of likely N-dealkylation sites (N-methyl/N-ethyl adjacent to an activating group) is 1. The van der Waals surface area contributed by atoms with Crippen molar-refractivity contribution < 1.29 is 19.1 Å². The van der Waals surface area contributed by atoms with Crippen LogP contribution in [0.25, 0.3) is 0 Å². The van der Waals surface area contributed by atoms with Gasteiger partial charge >= 0.3 is 0 Å². The van der Waals surface area contributed by atoms with Crippen molar-refractivity contribution in [1.82, 2.24) is 20.9 Å². The Morgan fingerprint density at radius 1 is 1.11 bits per heavy atom. The van der Waals surface area contributed by atoms with E-state index in [1.165, 1.54) is 11.1 Å². The maximum Gasteiger partial charge on any atom is 0.247 e. The molecule has 0 bridgehead atoms. The Hall–Kier alpha value is -2.71. The summed E-state index contributed by atoms with van der Waals surface area (Å²) in [6, 6.07) is 6.46. The lowest BCUT2D eigenvalue weighted by atomic mass is 9.77. The maximum atomic E-state index is 14.0. The highest BCUT2D eigenvalue weighted by Gasteiger charge is 2.59. The van der Waals surface area contributed by atoms with E-state index in [1.54, 1.807) is 18.9 Å². The minimum Gasteiger partial charge on any atom is -0.358 e. The molecule has 1 aromatic rings. The molecule has 1 spiro atoms. The van der Waals surface area contributed by atoms with E-state index < -0.39 is 24.4 Å². The van der Waals surface area contributed by atoms with Gasteiger partial charge in [-0.3, -0.25) is 14.4 Å². The van der Waals surface area contributed by atoms with Gasteiger partial charge in [0.15, 0.2) is 0 Å². The minimum absolute atomic E-state index is 0.0621. The Kier molecular flexibility index (Phi) is 6.68. The lowest BCUT2D eigenvalue weighted by Gasteiger charge is -2.37. The summed E-state index contributed by atoms with van der Waals surface area (Å²) < 4.78 is 6.14. The second kappa shape index (κ2) is 9.74. The predicted molar refractivity (Wildman–Crippen MR) is 131 cm³/mol. The molecule has 8 nitrogen and oxygen atoms in total. The van der Waals surface area contributed by atoms with Gasteiger partial charge in [0.25, 0.3) is 0 Å². The summed E-state index contributed by atoms with van der Waals surface area (Å²) in [7, 11) is 1.71. The first-order valence-electron chi connectivity index (χ1n) is 12.9. The Labute approximate surface area is 206 Å². The first-order valence-corrected chi connectivity index (χ1v) is 12.9. The summed E-state index contributed by atoms with van der Waals surface area (Å²) in [5.41, 5.74) is 2.08. The van der Waals surface area contributed by atoms with Gasteiger partial charge < -0.3 is 25.6 Å². The summed E-state index contributed by atoms with van der Waals surface area (Å²) in [5, 5.41) is 9.11. The number of allylic oxidation sites excluding steroid dienone is 2. The van der Waals surface area contributed by atoms with Crippen molar-refractivity contribution in [2.75, 3.05) is 13.7 Å². The van der Waals surface area contributed by atoms with Crippen LogP contribution in [0.2, 0.25) is 0 Å². The average molecular weight is 481 g/mol. The van der Waals surface area contributed by atoms with Crippen molar-refractivity contribution in [3.63, 3.8) is 0 Å². The first kappa shape index (κ1) is 24.0.